The second kappa shape index (κ2) is 5.74. The van der Waals surface area contributed by atoms with E-state index >= 15 is 0 Å². The summed E-state index contributed by atoms with van der Waals surface area (Å²) < 4.78 is 0. The van der Waals surface area contributed by atoms with Gasteiger partial charge in [0, 0.05) is 7.14 Å². The summed E-state index contributed by atoms with van der Waals surface area (Å²) in [4.78, 5) is 0. The first kappa shape index (κ1) is 15.3. The highest BCUT2D eigenvalue weighted by molar-refractivity contribution is 8.03. The fraction of sp³-hybridized carbons (Fsp3) is 0.333. The Bertz CT molecular complexity index is 571. The molecule has 0 fully saturated rings. The zero-order chi connectivity index (χ0) is 14.8. The predicted molar refractivity (Wildman–Crippen MR) is 93.4 cm³/mol. The Hall–Kier alpha value is -1.07. The van der Waals surface area contributed by atoms with Gasteiger partial charge >= 0.3 is 7.57 Å². The number of hydrogen-bond acceptors (Lipinski definition) is 0. The van der Waals surface area contributed by atoms with Crippen LogP contribution in [-0.2, 0) is 6.16 Å². The molecule has 1 atom stereocenters. The van der Waals surface area contributed by atoms with Crippen LogP contribution in [0.25, 0.3) is 0 Å². The molecule has 0 saturated carbocycles. The van der Waals surface area contributed by atoms with Crippen LogP contribution in [0.4, 0.5) is 0 Å². The van der Waals surface area contributed by atoms with Gasteiger partial charge in [-0.05, 0) is 44.9 Å². The van der Waals surface area contributed by atoms with Crippen molar-refractivity contribution in [1.29, 1.82) is 0 Å². The monoisotopic (exact) mass is 281 g/mol. The second-order valence-electron chi connectivity index (χ2n) is 6.47. The number of hydrogen-bond donors (Lipinski definition) is 0. The summed E-state index contributed by atoms with van der Waals surface area (Å²) in [7, 11) is 5.28. The molecule has 0 aromatic heterocycles. The Morgan fingerprint density at radius 3 is 2.00 bits per heavy atom. The second-order valence-corrected chi connectivity index (χ2v) is 10.3. The minimum absolute atomic E-state index is 0.0922. The van der Waals surface area contributed by atoms with Gasteiger partial charge in [-0.1, -0.05) is 48.5 Å². The van der Waals surface area contributed by atoms with Gasteiger partial charge in [-0.25, -0.2) is 0 Å². The summed E-state index contributed by atoms with van der Waals surface area (Å²) in [6.07, 6.45) is 0.961. The Balaban J connectivity index is 2.50. The van der Waals surface area contributed by atoms with Crippen LogP contribution in [0.3, 0.4) is 0 Å². The molecule has 0 aliphatic rings. The van der Waals surface area contributed by atoms with Crippen LogP contribution in [-0.4, -0.2) is 12.7 Å². The molecule has 0 aliphatic carbocycles. The third-order valence-corrected chi connectivity index (χ3v) is 8.64. The van der Waals surface area contributed by atoms with Gasteiger partial charge < -0.3 is 0 Å². The lowest BCUT2D eigenvalue weighted by Crippen LogP contribution is -2.31. The maximum Gasteiger partial charge on any atom is 0.372 e. The van der Waals surface area contributed by atoms with Gasteiger partial charge in [-0.2, -0.15) is 0 Å². The molecule has 1 unspecified atom stereocenters. The van der Waals surface area contributed by atoms with Gasteiger partial charge in [0.15, 0.2) is 0 Å². The molecule has 0 bridgehead atoms. The molecular weight excluding hydrogens is 258 g/mol. The SMILES string of the molecule is [B][P+](Cc1ccccc1)(c1ccccc1C)C(C)(C)C. The van der Waals surface area contributed by atoms with Crippen molar-refractivity contribution in [1.82, 2.24) is 0 Å². The van der Waals surface area contributed by atoms with E-state index in [-0.39, 0.29) is 5.16 Å². The summed E-state index contributed by atoms with van der Waals surface area (Å²) >= 11 is 0. The third-order valence-electron chi connectivity index (χ3n) is 4.02. The first-order chi connectivity index (χ1) is 9.34. The highest BCUT2D eigenvalue weighted by Gasteiger charge is 2.47. The van der Waals surface area contributed by atoms with Gasteiger partial charge in [-0.15, -0.1) is 0 Å². The van der Waals surface area contributed by atoms with Crippen molar-refractivity contribution in [3.05, 3.63) is 65.7 Å². The Morgan fingerprint density at radius 2 is 1.45 bits per heavy atom. The maximum absolute atomic E-state index is 7.04. The van der Waals surface area contributed by atoms with E-state index in [1.54, 1.807) is 0 Å². The van der Waals surface area contributed by atoms with Gasteiger partial charge in [-0.3, -0.25) is 0 Å². The minimum Gasteiger partial charge on any atom is -0.0622 e. The molecule has 0 saturated heterocycles. The highest BCUT2D eigenvalue weighted by atomic mass is 31.2. The molecule has 0 nitrogen and oxygen atoms in total. The van der Waals surface area contributed by atoms with E-state index in [1.807, 2.05) is 0 Å². The van der Waals surface area contributed by atoms with Crippen molar-refractivity contribution in [2.24, 2.45) is 0 Å². The molecule has 0 aliphatic heterocycles. The third kappa shape index (κ3) is 2.99. The van der Waals surface area contributed by atoms with E-state index in [0.29, 0.717) is 0 Å². The largest absolute Gasteiger partial charge is 0.372 e. The molecular formula is C18H23BP+. The Morgan fingerprint density at radius 1 is 0.900 bits per heavy atom. The molecule has 0 heterocycles. The van der Waals surface area contributed by atoms with Crippen molar-refractivity contribution < 1.29 is 0 Å². The van der Waals surface area contributed by atoms with Crippen LogP contribution < -0.4 is 5.30 Å². The predicted octanol–water partition coefficient (Wildman–Crippen LogP) is 4.72. The maximum atomic E-state index is 7.04. The lowest BCUT2D eigenvalue weighted by Gasteiger charge is -2.37. The molecule has 0 amide bonds. The molecule has 0 spiro atoms. The Labute approximate surface area is 125 Å². The normalized spacial score (nSPS) is 14.8. The van der Waals surface area contributed by atoms with E-state index in [1.165, 1.54) is 16.4 Å². The van der Waals surface area contributed by atoms with E-state index in [2.05, 4.69) is 82.3 Å². The van der Waals surface area contributed by atoms with E-state index < -0.39 is 7.14 Å². The molecule has 2 aromatic rings. The number of aryl methyl sites for hydroxylation is 1. The average molecular weight is 281 g/mol. The zero-order valence-electron chi connectivity index (χ0n) is 12.9. The molecule has 2 rings (SSSR count). The summed E-state index contributed by atoms with van der Waals surface area (Å²) in [5.74, 6) is 0. The van der Waals surface area contributed by atoms with E-state index in [0.717, 1.165) is 6.16 Å². The zero-order valence-corrected chi connectivity index (χ0v) is 13.8. The van der Waals surface area contributed by atoms with Crippen LogP contribution in [0.2, 0.25) is 0 Å². The first-order valence-electron chi connectivity index (χ1n) is 7.11. The number of benzene rings is 2. The highest BCUT2D eigenvalue weighted by Crippen LogP contribution is 2.66. The molecule has 102 valence electrons. The summed E-state index contributed by atoms with van der Waals surface area (Å²) in [6, 6.07) is 19.2. The van der Waals surface area contributed by atoms with Gasteiger partial charge in [0.05, 0.1) is 16.6 Å². The van der Waals surface area contributed by atoms with Crippen molar-refractivity contribution in [3.8, 4) is 0 Å². The van der Waals surface area contributed by atoms with Crippen molar-refractivity contribution in [3.63, 3.8) is 0 Å². The van der Waals surface area contributed by atoms with Gasteiger partial charge in [0.2, 0.25) is 0 Å². The molecule has 20 heavy (non-hydrogen) atoms. The Kier molecular flexibility index (Phi) is 4.40. The van der Waals surface area contributed by atoms with Crippen LogP contribution >= 0.6 is 7.14 Å². The summed E-state index contributed by atoms with van der Waals surface area (Å²) in [6.45, 7) is 9.00. The summed E-state index contributed by atoms with van der Waals surface area (Å²) in [5.41, 5.74) is 2.65. The minimum atomic E-state index is -1.77. The fourth-order valence-corrected chi connectivity index (χ4v) is 5.78. The van der Waals surface area contributed by atoms with Crippen LogP contribution in [0.15, 0.2) is 54.6 Å². The van der Waals surface area contributed by atoms with Gasteiger partial charge in [0.25, 0.3) is 0 Å². The van der Waals surface area contributed by atoms with E-state index in [9.17, 15) is 0 Å². The number of rotatable bonds is 3. The molecule has 2 heteroatoms. The molecule has 2 radical (unpaired) electrons. The van der Waals surface area contributed by atoms with Crippen LogP contribution in [0.1, 0.15) is 31.9 Å². The quantitative estimate of drug-likeness (QED) is 0.564. The van der Waals surface area contributed by atoms with E-state index in [4.69, 9.17) is 7.57 Å². The lowest BCUT2D eigenvalue weighted by atomic mass is 10.2. The first-order valence-corrected chi connectivity index (χ1v) is 9.16. The van der Waals surface area contributed by atoms with Gasteiger partial charge in [0.1, 0.15) is 0 Å². The fourth-order valence-electron chi connectivity index (χ4n) is 2.57. The van der Waals surface area contributed by atoms with Crippen molar-refractivity contribution in [2.45, 2.75) is 39.0 Å². The molecule has 0 N–H and O–H groups in total. The topological polar surface area (TPSA) is 0 Å². The lowest BCUT2D eigenvalue weighted by molar-refractivity contribution is 0.781. The molecule has 2 aromatic carbocycles. The standard InChI is InChI=1S/C18H23BP/c1-15-10-8-9-13-17(15)20(19,18(2,3)4)14-16-11-6-5-7-12-16/h5-13H,14H2,1-4H3/q+1. The smallest absolute Gasteiger partial charge is 0.0622 e. The average Bonchev–Trinajstić information content (AvgIpc) is 2.39. The van der Waals surface area contributed by atoms with Crippen molar-refractivity contribution in [2.75, 3.05) is 0 Å². The van der Waals surface area contributed by atoms with Crippen molar-refractivity contribution >= 4 is 20.0 Å². The van der Waals surface area contributed by atoms with Crippen LogP contribution in [0, 0.1) is 6.92 Å². The van der Waals surface area contributed by atoms with Crippen LogP contribution in [0.5, 0.6) is 0 Å². The summed E-state index contributed by atoms with van der Waals surface area (Å²) in [5, 5.41) is 1.45.